The van der Waals surface area contributed by atoms with Crippen LogP contribution in [-0.2, 0) is 19.5 Å². The molecule has 0 aliphatic carbocycles. The van der Waals surface area contributed by atoms with Crippen LogP contribution in [0.5, 0.6) is 0 Å². The van der Waals surface area contributed by atoms with E-state index in [1.54, 1.807) is 23.9 Å². The third-order valence-electron chi connectivity index (χ3n) is 5.48. The van der Waals surface area contributed by atoms with Crippen molar-refractivity contribution in [2.45, 2.75) is 26.4 Å². The van der Waals surface area contributed by atoms with Crippen LogP contribution in [0.2, 0.25) is 0 Å². The summed E-state index contributed by atoms with van der Waals surface area (Å²) >= 11 is 0. The Morgan fingerprint density at radius 1 is 1.14 bits per heavy atom. The normalized spacial score (nSPS) is 14.1. The van der Waals surface area contributed by atoms with Crippen LogP contribution in [0.25, 0.3) is 22.3 Å². The molecule has 0 atom stereocenters. The maximum absolute atomic E-state index is 12.0. The fourth-order valence-electron chi connectivity index (χ4n) is 4.03. The summed E-state index contributed by atoms with van der Waals surface area (Å²) in [6, 6.07) is 12.0. The Kier molecular flexibility index (Phi) is 4.41. The molecule has 144 valence electrons. The zero-order valence-corrected chi connectivity index (χ0v) is 16.2. The van der Waals surface area contributed by atoms with Crippen molar-refractivity contribution >= 4 is 16.8 Å². The zero-order chi connectivity index (χ0) is 19.8. The first-order valence-corrected chi connectivity index (χ1v) is 9.76. The van der Waals surface area contributed by atoms with Crippen LogP contribution in [0, 0.1) is 0 Å². The standard InChI is InChI=1S/C23H21N5O/c1-16(29)28-15-19(20-4-2-3-5-22(20)28)14-27-11-8-21-18(13-27)12-25-23(26-21)17-6-9-24-10-7-17/h2-7,9-10,12,15H,8,11,13-14H2,1H3. The van der Waals surface area contributed by atoms with Gasteiger partial charge in [-0.25, -0.2) is 9.97 Å². The van der Waals surface area contributed by atoms with Crippen LogP contribution in [0.3, 0.4) is 0 Å². The number of pyridine rings is 1. The fourth-order valence-corrected chi connectivity index (χ4v) is 4.03. The van der Waals surface area contributed by atoms with E-state index in [-0.39, 0.29) is 5.91 Å². The number of para-hydroxylation sites is 1. The smallest absolute Gasteiger partial charge is 0.227 e. The van der Waals surface area contributed by atoms with E-state index in [9.17, 15) is 4.79 Å². The average Bonchev–Trinajstić information content (AvgIpc) is 3.13. The van der Waals surface area contributed by atoms with E-state index >= 15 is 0 Å². The second-order valence-electron chi connectivity index (χ2n) is 7.42. The molecule has 1 aromatic carbocycles. The van der Waals surface area contributed by atoms with Gasteiger partial charge in [0.05, 0.1) is 11.2 Å². The van der Waals surface area contributed by atoms with Gasteiger partial charge >= 0.3 is 0 Å². The summed E-state index contributed by atoms with van der Waals surface area (Å²) in [6.45, 7) is 4.14. The Morgan fingerprint density at radius 2 is 1.97 bits per heavy atom. The summed E-state index contributed by atoms with van der Waals surface area (Å²) in [5.41, 5.74) is 5.42. The van der Waals surface area contributed by atoms with E-state index in [0.717, 1.165) is 54.0 Å². The molecular formula is C23H21N5O. The Morgan fingerprint density at radius 3 is 2.79 bits per heavy atom. The molecule has 1 aliphatic rings. The topological polar surface area (TPSA) is 63.9 Å². The van der Waals surface area contributed by atoms with Gasteiger partial charge in [-0.05, 0) is 23.8 Å². The molecule has 3 aromatic heterocycles. The van der Waals surface area contributed by atoms with Gasteiger partial charge in [-0.1, -0.05) is 18.2 Å². The number of carbonyl (C=O) groups excluding carboxylic acids is 1. The molecule has 0 saturated carbocycles. The number of fused-ring (bicyclic) bond motifs is 2. The van der Waals surface area contributed by atoms with Crippen LogP contribution in [0.4, 0.5) is 0 Å². The number of rotatable bonds is 3. The molecule has 4 heterocycles. The van der Waals surface area contributed by atoms with Crippen molar-refractivity contribution in [2.24, 2.45) is 0 Å². The number of aromatic nitrogens is 4. The van der Waals surface area contributed by atoms with Crippen molar-refractivity contribution in [1.29, 1.82) is 0 Å². The SMILES string of the molecule is CC(=O)n1cc(CN2CCc3nc(-c4ccncc4)ncc3C2)c2ccccc21. The van der Waals surface area contributed by atoms with Gasteiger partial charge in [0.25, 0.3) is 0 Å². The monoisotopic (exact) mass is 383 g/mol. The zero-order valence-electron chi connectivity index (χ0n) is 16.2. The van der Waals surface area contributed by atoms with Crippen molar-refractivity contribution in [1.82, 2.24) is 24.4 Å². The molecule has 0 radical (unpaired) electrons. The van der Waals surface area contributed by atoms with Gasteiger partial charge in [-0.2, -0.15) is 0 Å². The third-order valence-corrected chi connectivity index (χ3v) is 5.48. The lowest BCUT2D eigenvalue weighted by molar-refractivity contribution is 0.0941. The van der Waals surface area contributed by atoms with Gasteiger partial charge < -0.3 is 0 Å². The van der Waals surface area contributed by atoms with Crippen LogP contribution < -0.4 is 0 Å². The molecule has 0 amide bonds. The average molecular weight is 383 g/mol. The van der Waals surface area contributed by atoms with Gasteiger partial charge in [0, 0.05) is 74.3 Å². The lowest BCUT2D eigenvalue weighted by atomic mass is 10.1. The largest absolute Gasteiger partial charge is 0.294 e. The number of nitrogens with zero attached hydrogens (tertiary/aromatic N) is 5. The molecule has 0 fully saturated rings. The second kappa shape index (κ2) is 7.22. The van der Waals surface area contributed by atoms with E-state index in [0.29, 0.717) is 0 Å². The van der Waals surface area contributed by atoms with Gasteiger partial charge in [0.15, 0.2) is 5.82 Å². The number of benzene rings is 1. The minimum absolute atomic E-state index is 0.0356. The Hall–Kier alpha value is -3.38. The van der Waals surface area contributed by atoms with Gasteiger partial charge in [-0.3, -0.25) is 19.2 Å². The van der Waals surface area contributed by atoms with Crippen molar-refractivity contribution in [3.8, 4) is 11.4 Å². The molecule has 0 saturated heterocycles. The van der Waals surface area contributed by atoms with Crippen LogP contribution in [-0.4, -0.2) is 36.9 Å². The van der Waals surface area contributed by atoms with Crippen molar-refractivity contribution in [2.75, 3.05) is 6.54 Å². The van der Waals surface area contributed by atoms with E-state index in [2.05, 4.69) is 20.9 Å². The van der Waals surface area contributed by atoms with Crippen molar-refractivity contribution in [3.05, 3.63) is 78.0 Å². The Bertz CT molecular complexity index is 1200. The lowest BCUT2D eigenvalue weighted by Crippen LogP contribution is -2.31. The quantitative estimate of drug-likeness (QED) is 0.540. The van der Waals surface area contributed by atoms with Crippen LogP contribution in [0.1, 0.15) is 28.5 Å². The molecule has 1 aliphatic heterocycles. The molecule has 6 heteroatoms. The highest BCUT2D eigenvalue weighted by Gasteiger charge is 2.21. The van der Waals surface area contributed by atoms with Crippen LogP contribution in [0.15, 0.2) is 61.2 Å². The second-order valence-corrected chi connectivity index (χ2v) is 7.42. The molecule has 5 rings (SSSR count). The van der Waals surface area contributed by atoms with E-state index in [1.165, 1.54) is 11.1 Å². The maximum Gasteiger partial charge on any atom is 0.227 e. The Balaban J connectivity index is 1.40. The molecular weight excluding hydrogens is 362 g/mol. The summed E-state index contributed by atoms with van der Waals surface area (Å²) in [4.78, 5) is 27.8. The van der Waals surface area contributed by atoms with Crippen LogP contribution >= 0.6 is 0 Å². The maximum atomic E-state index is 12.0. The number of hydrogen-bond acceptors (Lipinski definition) is 5. The predicted molar refractivity (Wildman–Crippen MR) is 111 cm³/mol. The summed E-state index contributed by atoms with van der Waals surface area (Å²) in [7, 11) is 0. The fraction of sp³-hybridized carbons (Fsp3) is 0.217. The molecule has 0 unspecified atom stereocenters. The van der Waals surface area contributed by atoms with Crippen molar-refractivity contribution in [3.63, 3.8) is 0 Å². The minimum atomic E-state index is 0.0356. The summed E-state index contributed by atoms with van der Waals surface area (Å²) in [5.74, 6) is 0.789. The molecule has 0 spiro atoms. The molecule has 29 heavy (non-hydrogen) atoms. The first-order chi connectivity index (χ1) is 14.2. The molecule has 0 bridgehead atoms. The molecule has 6 nitrogen and oxygen atoms in total. The first kappa shape index (κ1) is 17.7. The van der Waals surface area contributed by atoms with Gasteiger partial charge in [0.2, 0.25) is 5.91 Å². The van der Waals surface area contributed by atoms with Gasteiger partial charge in [-0.15, -0.1) is 0 Å². The van der Waals surface area contributed by atoms with E-state index in [4.69, 9.17) is 4.98 Å². The minimum Gasteiger partial charge on any atom is -0.294 e. The first-order valence-electron chi connectivity index (χ1n) is 9.76. The van der Waals surface area contributed by atoms with E-state index in [1.807, 2.05) is 42.7 Å². The summed E-state index contributed by atoms with van der Waals surface area (Å²) < 4.78 is 1.74. The van der Waals surface area contributed by atoms with Gasteiger partial charge in [0.1, 0.15) is 0 Å². The van der Waals surface area contributed by atoms with E-state index < -0.39 is 0 Å². The highest BCUT2D eigenvalue weighted by atomic mass is 16.1. The molecule has 4 aromatic rings. The third kappa shape index (κ3) is 3.32. The van der Waals surface area contributed by atoms with Crippen molar-refractivity contribution < 1.29 is 4.79 Å². The summed E-state index contributed by atoms with van der Waals surface area (Å²) in [5, 5.41) is 1.14. The predicted octanol–water partition coefficient (Wildman–Crippen LogP) is 3.71. The Labute approximate surface area is 168 Å². The molecule has 0 N–H and O–H groups in total. The lowest BCUT2D eigenvalue weighted by Gasteiger charge is -2.27. The number of carbonyl (C=O) groups is 1. The number of hydrogen-bond donors (Lipinski definition) is 0. The highest BCUT2D eigenvalue weighted by Crippen LogP contribution is 2.26. The summed E-state index contributed by atoms with van der Waals surface area (Å²) in [6.07, 6.45) is 8.34. The highest BCUT2D eigenvalue weighted by molar-refractivity contribution is 5.93.